The molecule has 1 aromatic rings. The van der Waals surface area contributed by atoms with Crippen LogP contribution in [0.15, 0.2) is 18.2 Å². The molecule has 1 aliphatic rings. The predicted octanol–water partition coefficient (Wildman–Crippen LogP) is 3.10. The number of thioether (sulfide) groups is 1. The molecule has 0 radical (unpaired) electrons. The van der Waals surface area contributed by atoms with Crippen LogP contribution in [0.2, 0.25) is 0 Å². The zero-order valence-corrected chi connectivity index (χ0v) is 11.8. The van der Waals surface area contributed by atoms with Gasteiger partial charge in [0, 0.05) is 23.6 Å². The Morgan fingerprint density at radius 1 is 1.44 bits per heavy atom. The zero-order chi connectivity index (χ0) is 13.3. The smallest absolute Gasteiger partial charge is 0.256 e. The Balaban J connectivity index is 2.23. The molecule has 18 heavy (non-hydrogen) atoms. The Hall–Kier alpha value is -1.03. The number of nitrogens with zero attached hydrogens (tertiary/aromatic N) is 1. The minimum Gasteiger partial charge on any atom is -0.336 e. The maximum atomic E-state index is 13.7. The van der Waals surface area contributed by atoms with Gasteiger partial charge in [-0.05, 0) is 32.9 Å². The van der Waals surface area contributed by atoms with Crippen LogP contribution in [0, 0.1) is 12.7 Å². The van der Waals surface area contributed by atoms with Crippen LogP contribution >= 0.6 is 11.8 Å². The van der Waals surface area contributed by atoms with E-state index < -0.39 is 5.82 Å². The van der Waals surface area contributed by atoms with E-state index in [0.29, 0.717) is 13.1 Å². The fourth-order valence-electron chi connectivity index (χ4n) is 2.16. The zero-order valence-electron chi connectivity index (χ0n) is 11.0. The van der Waals surface area contributed by atoms with Crippen LogP contribution in [0.4, 0.5) is 4.39 Å². The van der Waals surface area contributed by atoms with Crippen molar-refractivity contribution in [1.82, 2.24) is 4.90 Å². The molecule has 1 aliphatic heterocycles. The first kappa shape index (κ1) is 13.4. The van der Waals surface area contributed by atoms with Gasteiger partial charge in [0.2, 0.25) is 0 Å². The third kappa shape index (κ3) is 2.86. The quantitative estimate of drug-likeness (QED) is 0.779. The largest absolute Gasteiger partial charge is 0.336 e. The van der Waals surface area contributed by atoms with Gasteiger partial charge in [0.15, 0.2) is 0 Å². The molecule has 2 nitrogen and oxygen atoms in total. The molecule has 1 saturated heterocycles. The number of aryl methyl sites for hydroxylation is 1. The molecule has 1 heterocycles. The van der Waals surface area contributed by atoms with E-state index in [1.807, 2.05) is 18.7 Å². The molecule has 0 atom stereocenters. The van der Waals surface area contributed by atoms with Gasteiger partial charge in [0.1, 0.15) is 5.82 Å². The lowest BCUT2D eigenvalue weighted by Gasteiger charge is -2.37. The van der Waals surface area contributed by atoms with Crippen molar-refractivity contribution in [1.29, 1.82) is 0 Å². The number of rotatable bonds is 1. The van der Waals surface area contributed by atoms with E-state index >= 15 is 0 Å². The van der Waals surface area contributed by atoms with E-state index in [1.54, 1.807) is 17.0 Å². The van der Waals surface area contributed by atoms with Gasteiger partial charge >= 0.3 is 0 Å². The third-order valence-corrected chi connectivity index (χ3v) is 4.36. The molecule has 1 amide bonds. The number of halogens is 1. The topological polar surface area (TPSA) is 20.3 Å². The number of amides is 1. The van der Waals surface area contributed by atoms with Crippen molar-refractivity contribution in [3.63, 3.8) is 0 Å². The third-order valence-electron chi connectivity index (χ3n) is 3.07. The van der Waals surface area contributed by atoms with E-state index in [4.69, 9.17) is 0 Å². The Kier molecular flexibility index (Phi) is 3.66. The molecule has 0 unspecified atom stereocenters. The molecule has 0 spiro atoms. The summed E-state index contributed by atoms with van der Waals surface area (Å²) in [6.07, 6.45) is 0. The first-order valence-corrected chi connectivity index (χ1v) is 7.07. The van der Waals surface area contributed by atoms with Crippen LogP contribution in [0.1, 0.15) is 29.8 Å². The highest BCUT2D eigenvalue weighted by Crippen LogP contribution is 2.30. The first-order valence-electron chi connectivity index (χ1n) is 6.08. The van der Waals surface area contributed by atoms with Crippen molar-refractivity contribution in [3.05, 3.63) is 35.1 Å². The van der Waals surface area contributed by atoms with Gasteiger partial charge in [-0.15, -0.1) is 0 Å². The maximum Gasteiger partial charge on any atom is 0.256 e. The molecule has 0 aromatic heterocycles. The van der Waals surface area contributed by atoms with Crippen LogP contribution < -0.4 is 0 Å². The normalized spacial score (nSPS) is 18.8. The van der Waals surface area contributed by atoms with Gasteiger partial charge in [-0.3, -0.25) is 4.79 Å². The van der Waals surface area contributed by atoms with E-state index in [2.05, 4.69) is 13.8 Å². The number of carbonyl (C=O) groups is 1. The highest BCUT2D eigenvalue weighted by Gasteiger charge is 2.31. The molecule has 1 fully saturated rings. The average molecular weight is 267 g/mol. The predicted molar refractivity (Wildman–Crippen MR) is 73.6 cm³/mol. The summed E-state index contributed by atoms with van der Waals surface area (Å²) in [4.78, 5) is 14.1. The number of hydrogen-bond donors (Lipinski definition) is 0. The summed E-state index contributed by atoms with van der Waals surface area (Å²) in [7, 11) is 0. The van der Waals surface area contributed by atoms with Crippen molar-refractivity contribution < 1.29 is 9.18 Å². The second kappa shape index (κ2) is 4.92. The van der Waals surface area contributed by atoms with Gasteiger partial charge in [-0.2, -0.15) is 11.8 Å². The Morgan fingerprint density at radius 2 is 2.17 bits per heavy atom. The molecule has 4 heteroatoms. The molecular formula is C14H18FNOS. The standard InChI is InChI=1S/C14H18FNOS/c1-10-4-5-12(15)11(8-10)13(17)16-6-7-18-14(2,3)9-16/h4-5,8H,6-7,9H2,1-3H3. The Morgan fingerprint density at radius 3 is 2.83 bits per heavy atom. The van der Waals surface area contributed by atoms with Gasteiger partial charge in [0.05, 0.1) is 5.56 Å². The number of benzene rings is 1. The minimum atomic E-state index is -0.429. The fourth-order valence-corrected chi connectivity index (χ4v) is 3.27. The molecule has 98 valence electrons. The van der Waals surface area contributed by atoms with Crippen LogP contribution in [-0.4, -0.2) is 34.4 Å². The second-order valence-electron chi connectivity index (χ2n) is 5.32. The van der Waals surface area contributed by atoms with Crippen molar-refractivity contribution in [3.8, 4) is 0 Å². The monoisotopic (exact) mass is 267 g/mol. The fraction of sp³-hybridized carbons (Fsp3) is 0.500. The lowest BCUT2D eigenvalue weighted by Crippen LogP contribution is -2.46. The summed E-state index contributed by atoms with van der Waals surface area (Å²) < 4.78 is 13.8. The molecule has 2 rings (SSSR count). The Bertz CT molecular complexity index is 473. The van der Waals surface area contributed by atoms with Crippen molar-refractivity contribution >= 4 is 17.7 Å². The summed E-state index contributed by atoms with van der Waals surface area (Å²) in [6, 6.07) is 4.68. The van der Waals surface area contributed by atoms with Gasteiger partial charge in [0.25, 0.3) is 5.91 Å². The summed E-state index contributed by atoms with van der Waals surface area (Å²) in [5, 5.41) is 0. The summed E-state index contributed by atoms with van der Waals surface area (Å²) >= 11 is 1.86. The molecular weight excluding hydrogens is 249 g/mol. The molecule has 0 aliphatic carbocycles. The van der Waals surface area contributed by atoms with Crippen LogP contribution in [0.25, 0.3) is 0 Å². The van der Waals surface area contributed by atoms with Crippen LogP contribution in [-0.2, 0) is 0 Å². The van der Waals surface area contributed by atoms with E-state index in [-0.39, 0.29) is 16.2 Å². The summed E-state index contributed by atoms with van der Waals surface area (Å²) in [6.45, 7) is 7.46. The lowest BCUT2D eigenvalue weighted by molar-refractivity contribution is 0.0743. The van der Waals surface area contributed by atoms with Crippen molar-refractivity contribution in [2.24, 2.45) is 0 Å². The molecule has 0 bridgehead atoms. The van der Waals surface area contributed by atoms with Crippen LogP contribution in [0.5, 0.6) is 0 Å². The second-order valence-corrected chi connectivity index (χ2v) is 7.12. The molecule has 0 N–H and O–H groups in total. The molecule has 0 saturated carbocycles. The highest BCUT2D eigenvalue weighted by molar-refractivity contribution is 8.00. The number of hydrogen-bond acceptors (Lipinski definition) is 2. The first-order chi connectivity index (χ1) is 8.39. The van der Waals surface area contributed by atoms with Crippen molar-refractivity contribution in [2.45, 2.75) is 25.5 Å². The maximum absolute atomic E-state index is 13.7. The van der Waals surface area contributed by atoms with Gasteiger partial charge < -0.3 is 4.90 Å². The van der Waals surface area contributed by atoms with E-state index in [9.17, 15) is 9.18 Å². The average Bonchev–Trinajstić information content (AvgIpc) is 2.30. The Labute approximate surface area is 112 Å². The van der Waals surface area contributed by atoms with E-state index in [0.717, 1.165) is 11.3 Å². The summed E-state index contributed by atoms with van der Waals surface area (Å²) in [5.41, 5.74) is 1.10. The SMILES string of the molecule is Cc1ccc(F)c(C(=O)N2CCSC(C)(C)C2)c1. The number of carbonyl (C=O) groups excluding carboxylic acids is 1. The molecule has 1 aromatic carbocycles. The van der Waals surface area contributed by atoms with Gasteiger partial charge in [-0.1, -0.05) is 11.6 Å². The highest BCUT2D eigenvalue weighted by atomic mass is 32.2. The van der Waals surface area contributed by atoms with Crippen molar-refractivity contribution in [2.75, 3.05) is 18.8 Å². The van der Waals surface area contributed by atoms with Gasteiger partial charge in [-0.25, -0.2) is 4.39 Å². The van der Waals surface area contributed by atoms with Crippen LogP contribution in [0.3, 0.4) is 0 Å². The minimum absolute atomic E-state index is 0.0498. The lowest BCUT2D eigenvalue weighted by atomic mass is 10.1. The van der Waals surface area contributed by atoms with E-state index in [1.165, 1.54) is 6.07 Å². The summed E-state index contributed by atoms with van der Waals surface area (Å²) in [5.74, 6) is 0.290.